The molecule has 0 saturated heterocycles. The van der Waals surface area contributed by atoms with E-state index >= 15 is 0 Å². The quantitative estimate of drug-likeness (QED) is 0.532. The second-order valence-corrected chi connectivity index (χ2v) is 11.5. The molecule has 0 bridgehead atoms. The Morgan fingerprint density at radius 1 is 1.23 bits per heavy atom. The van der Waals surface area contributed by atoms with Gasteiger partial charge in [-0.1, -0.05) is 48.6 Å². The lowest BCUT2D eigenvalue weighted by atomic mass is 10.2. The molecule has 0 aliphatic rings. The first-order valence-corrected chi connectivity index (χ1v) is 11.0. The van der Waals surface area contributed by atoms with Crippen LogP contribution in [0, 0.1) is 6.92 Å². The molecule has 0 fully saturated rings. The summed E-state index contributed by atoms with van der Waals surface area (Å²) < 4.78 is 0. The molecule has 72 valence electrons. The average molecular weight is 229 g/mol. The van der Waals surface area contributed by atoms with Crippen molar-refractivity contribution in [3.63, 3.8) is 0 Å². The van der Waals surface area contributed by atoms with E-state index in [4.69, 9.17) is 11.1 Å². The zero-order valence-electron chi connectivity index (χ0n) is 8.82. The van der Waals surface area contributed by atoms with Crippen LogP contribution < -0.4 is 10.4 Å². The topological polar surface area (TPSA) is 0 Å². The van der Waals surface area contributed by atoms with Crippen molar-refractivity contribution >= 4 is 38.4 Å². The van der Waals surface area contributed by atoms with Crippen LogP contribution in [0.25, 0.3) is 0 Å². The van der Waals surface area contributed by atoms with Crippen molar-refractivity contribution in [2.45, 2.75) is 26.6 Å². The SMILES string of the molecule is Cc1ccc([SiH2]Cl)cc1[Si](C)(C)C. The Bertz CT molecular complexity index is 302. The molecule has 0 aliphatic heterocycles. The summed E-state index contributed by atoms with van der Waals surface area (Å²) in [4.78, 5) is 0. The molecule has 0 spiro atoms. The number of aryl methyl sites for hydroxylation is 1. The monoisotopic (exact) mass is 228 g/mol. The second kappa shape index (κ2) is 3.99. The van der Waals surface area contributed by atoms with Crippen molar-refractivity contribution in [2.24, 2.45) is 0 Å². The Kier molecular flexibility index (Phi) is 3.38. The lowest BCUT2D eigenvalue weighted by molar-refractivity contribution is 1.50. The van der Waals surface area contributed by atoms with Crippen LogP contribution in [0.2, 0.25) is 19.6 Å². The summed E-state index contributed by atoms with van der Waals surface area (Å²) in [6.07, 6.45) is 0. The highest BCUT2D eigenvalue weighted by molar-refractivity contribution is 7.01. The van der Waals surface area contributed by atoms with Crippen LogP contribution in [-0.2, 0) is 0 Å². The molecular weight excluding hydrogens is 212 g/mol. The van der Waals surface area contributed by atoms with Gasteiger partial charge in [-0.05, 0) is 12.1 Å². The Labute approximate surface area is 88.9 Å². The Morgan fingerprint density at radius 3 is 2.31 bits per heavy atom. The van der Waals surface area contributed by atoms with Gasteiger partial charge in [0.15, 0.2) is 8.83 Å². The summed E-state index contributed by atoms with van der Waals surface area (Å²) in [5.74, 6) is 0. The summed E-state index contributed by atoms with van der Waals surface area (Å²) in [7, 11) is -1.67. The number of rotatable bonds is 2. The molecule has 0 radical (unpaired) electrons. The van der Waals surface area contributed by atoms with Gasteiger partial charge in [-0.25, -0.2) is 0 Å². The van der Waals surface area contributed by atoms with E-state index < -0.39 is 16.9 Å². The third-order valence-electron chi connectivity index (χ3n) is 2.26. The molecule has 0 aliphatic carbocycles. The fraction of sp³-hybridized carbons (Fsp3) is 0.400. The van der Waals surface area contributed by atoms with Gasteiger partial charge in [-0.3, -0.25) is 0 Å². The molecule has 3 heteroatoms. The van der Waals surface area contributed by atoms with Gasteiger partial charge in [0.25, 0.3) is 0 Å². The third-order valence-corrected chi connectivity index (χ3v) is 6.09. The van der Waals surface area contributed by atoms with Gasteiger partial charge in [0, 0.05) is 0 Å². The molecule has 13 heavy (non-hydrogen) atoms. The molecule has 1 aromatic carbocycles. The minimum atomic E-state index is -1.16. The van der Waals surface area contributed by atoms with Crippen molar-refractivity contribution in [2.75, 3.05) is 0 Å². The van der Waals surface area contributed by atoms with Crippen LogP contribution in [0.4, 0.5) is 0 Å². The van der Waals surface area contributed by atoms with Gasteiger partial charge < -0.3 is 0 Å². The fourth-order valence-corrected chi connectivity index (χ4v) is 4.64. The van der Waals surface area contributed by atoms with E-state index in [1.165, 1.54) is 10.8 Å². The maximum Gasteiger partial charge on any atom is 0.155 e. The van der Waals surface area contributed by atoms with Gasteiger partial charge in [-0.2, -0.15) is 11.1 Å². The van der Waals surface area contributed by atoms with E-state index in [0.717, 1.165) is 0 Å². The van der Waals surface area contributed by atoms with Crippen LogP contribution >= 0.6 is 11.1 Å². The maximum absolute atomic E-state index is 5.96. The number of hydrogen-bond donors (Lipinski definition) is 0. The molecule has 0 nitrogen and oxygen atoms in total. The third kappa shape index (κ3) is 2.69. The standard InChI is InChI=1S/C10H17ClSi2/c1-8-5-6-9(12-11)7-10(8)13(2,3)4/h5-7H,12H2,1-4H3. The summed E-state index contributed by atoms with van der Waals surface area (Å²) in [6, 6.07) is 6.73. The summed E-state index contributed by atoms with van der Waals surface area (Å²) in [5, 5.41) is 2.95. The zero-order chi connectivity index (χ0) is 10.1. The minimum Gasteiger partial charge on any atom is -0.170 e. The van der Waals surface area contributed by atoms with Gasteiger partial charge >= 0.3 is 0 Å². The summed E-state index contributed by atoms with van der Waals surface area (Å²) in [6.45, 7) is 9.35. The van der Waals surface area contributed by atoms with E-state index in [2.05, 4.69) is 44.8 Å². The molecule has 0 atom stereocenters. The predicted molar refractivity (Wildman–Crippen MR) is 68.2 cm³/mol. The molecular formula is C10H17ClSi2. The zero-order valence-corrected chi connectivity index (χ0v) is 12.0. The number of hydrogen-bond acceptors (Lipinski definition) is 0. The first-order chi connectivity index (χ1) is 5.95. The van der Waals surface area contributed by atoms with Crippen LogP contribution in [0.1, 0.15) is 5.56 Å². The fourth-order valence-electron chi connectivity index (χ4n) is 1.56. The molecule has 0 saturated carbocycles. The van der Waals surface area contributed by atoms with Crippen LogP contribution in [-0.4, -0.2) is 16.9 Å². The average Bonchev–Trinajstić information content (AvgIpc) is 2.03. The van der Waals surface area contributed by atoms with Crippen LogP contribution in [0.5, 0.6) is 0 Å². The molecule has 0 amide bonds. The molecule has 0 N–H and O–H groups in total. The smallest absolute Gasteiger partial charge is 0.155 e. The Balaban J connectivity index is 3.19. The molecule has 1 aromatic rings. The highest BCUT2D eigenvalue weighted by Gasteiger charge is 2.18. The van der Waals surface area contributed by atoms with E-state index in [9.17, 15) is 0 Å². The maximum atomic E-state index is 5.96. The van der Waals surface area contributed by atoms with E-state index in [1.54, 1.807) is 5.19 Å². The second-order valence-electron chi connectivity index (χ2n) is 4.53. The van der Waals surface area contributed by atoms with Crippen molar-refractivity contribution < 1.29 is 0 Å². The highest BCUT2D eigenvalue weighted by atomic mass is 35.6. The van der Waals surface area contributed by atoms with Crippen LogP contribution in [0.3, 0.4) is 0 Å². The number of halogens is 1. The Hall–Kier alpha value is -0.0562. The lowest BCUT2D eigenvalue weighted by Gasteiger charge is -2.20. The molecule has 0 unspecified atom stereocenters. The first kappa shape index (κ1) is 11.0. The summed E-state index contributed by atoms with van der Waals surface area (Å²) >= 11 is 5.96. The predicted octanol–water partition coefficient (Wildman–Crippen LogP) is 1.49. The lowest BCUT2D eigenvalue weighted by Crippen LogP contribution is -2.41. The Morgan fingerprint density at radius 2 is 1.85 bits per heavy atom. The van der Waals surface area contributed by atoms with Gasteiger partial charge in [0.1, 0.15) is 0 Å². The van der Waals surface area contributed by atoms with Crippen LogP contribution in [0.15, 0.2) is 18.2 Å². The van der Waals surface area contributed by atoms with Crippen molar-refractivity contribution in [1.82, 2.24) is 0 Å². The van der Waals surface area contributed by atoms with Crippen molar-refractivity contribution in [1.29, 1.82) is 0 Å². The van der Waals surface area contributed by atoms with E-state index in [-0.39, 0.29) is 0 Å². The normalized spacial score (nSPS) is 12.7. The highest BCUT2D eigenvalue weighted by Crippen LogP contribution is 2.05. The molecule has 1 rings (SSSR count). The number of benzene rings is 1. The minimum absolute atomic E-state index is 0.510. The van der Waals surface area contributed by atoms with Gasteiger partial charge in [0.05, 0.1) is 8.07 Å². The first-order valence-electron chi connectivity index (χ1n) is 4.61. The van der Waals surface area contributed by atoms with Crippen molar-refractivity contribution in [3.05, 3.63) is 23.8 Å². The van der Waals surface area contributed by atoms with Crippen molar-refractivity contribution in [3.8, 4) is 0 Å². The summed E-state index contributed by atoms with van der Waals surface area (Å²) in [5.41, 5.74) is 1.43. The van der Waals surface area contributed by atoms with Gasteiger partial charge in [0.2, 0.25) is 0 Å². The van der Waals surface area contributed by atoms with E-state index in [0.29, 0.717) is 0 Å². The van der Waals surface area contributed by atoms with Gasteiger partial charge in [-0.15, -0.1) is 0 Å². The largest absolute Gasteiger partial charge is 0.170 e. The molecule has 0 aromatic heterocycles. The molecule has 0 heterocycles. The van der Waals surface area contributed by atoms with E-state index in [1.807, 2.05) is 0 Å².